The summed E-state index contributed by atoms with van der Waals surface area (Å²) in [7, 11) is 0. The van der Waals surface area contributed by atoms with Crippen molar-refractivity contribution in [2.75, 3.05) is 26.3 Å². The van der Waals surface area contributed by atoms with Crippen molar-refractivity contribution in [1.29, 1.82) is 0 Å². The fourth-order valence-corrected chi connectivity index (χ4v) is 3.72. The number of aromatic nitrogens is 2. The molecule has 1 N–H and O–H groups in total. The highest BCUT2D eigenvalue weighted by molar-refractivity contribution is 6.10. The number of aromatic amines is 1. The van der Waals surface area contributed by atoms with Gasteiger partial charge in [0.2, 0.25) is 0 Å². The number of H-pyrrole nitrogens is 1. The number of carbonyl (C=O) groups excluding carboxylic acids is 1. The summed E-state index contributed by atoms with van der Waals surface area (Å²) >= 11 is 0. The van der Waals surface area contributed by atoms with E-state index in [0.717, 1.165) is 0 Å². The first-order valence-corrected chi connectivity index (χ1v) is 9.60. The number of morpholine rings is 1. The summed E-state index contributed by atoms with van der Waals surface area (Å²) in [5.74, 6) is -0.333. The van der Waals surface area contributed by atoms with Crippen LogP contribution in [-0.4, -0.2) is 47.1 Å². The van der Waals surface area contributed by atoms with E-state index in [1.807, 2.05) is 0 Å². The van der Waals surface area contributed by atoms with Crippen LogP contribution in [0.25, 0.3) is 22.2 Å². The second-order valence-electron chi connectivity index (χ2n) is 7.44. The smallest absolute Gasteiger partial charge is 0.378 e. The van der Waals surface area contributed by atoms with Gasteiger partial charge in [0.05, 0.1) is 41.1 Å². The number of amides is 1. The Hall–Kier alpha value is -3.08. The third-order valence-corrected chi connectivity index (χ3v) is 5.30. The molecule has 0 radical (unpaired) electrons. The van der Waals surface area contributed by atoms with Crippen LogP contribution in [0.15, 0.2) is 30.6 Å². The Morgan fingerprint density at radius 2 is 1.62 bits per heavy atom. The summed E-state index contributed by atoms with van der Waals surface area (Å²) in [4.78, 5) is 21.5. The molecule has 32 heavy (non-hydrogen) atoms. The van der Waals surface area contributed by atoms with Gasteiger partial charge in [0.15, 0.2) is 0 Å². The van der Waals surface area contributed by atoms with Crippen LogP contribution < -0.4 is 0 Å². The normalized spacial score (nSPS) is 15.4. The van der Waals surface area contributed by atoms with Gasteiger partial charge in [-0.2, -0.15) is 26.3 Å². The van der Waals surface area contributed by atoms with Crippen molar-refractivity contribution >= 4 is 16.8 Å². The van der Waals surface area contributed by atoms with E-state index in [1.165, 1.54) is 12.4 Å². The maximum atomic E-state index is 13.3. The van der Waals surface area contributed by atoms with Crippen molar-refractivity contribution in [3.05, 3.63) is 52.8 Å². The zero-order chi connectivity index (χ0) is 23.3. The lowest BCUT2D eigenvalue weighted by Gasteiger charge is -2.27. The molecule has 0 spiro atoms. The molecule has 0 unspecified atom stereocenters. The SMILES string of the molecule is Cc1c[nH]c2c(-c3cc(C(F)(F)F)cc(C(F)(F)F)c3)ncc(C(=O)N3CCOCC3)c12. The fraction of sp³-hybridized carbons (Fsp3) is 0.333. The molecule has 1 fully saturated rings. The average Bonchev–Trinajstić information content (AvgIpc) is 3.13. The molecule has 0 bridgehead atoms. The predicted octanol–water partition coefficient (Wildman–Crippen LogP) is 5.05. The topological polar surface area (TPSA) is 58.2 Å². The monoisotopic (exact) mass is 457 g/mol. The number of halogens is 6. The van der Waals surface area contributed by atoms with Gasteiger partial charge in [0, 0.05) is 36.4 Å². The molecule has 0 saturated carbocycles. The van der Waals surface area contributed by atoms with E-state index in [-0.39, 0.29) is 34.3 Å². The quantitative estimate of drug-likeness (QED) is 0.548. The molecule has 3 aromatic rings. The lowest BCUT2D eigenvalue weighted by atomic mass is 9.99. The summed E-state index contributed by atoms with van der Waals surface area (Å²) < 4.78 is 85.0. The van der Waals surface area contributed by atoms with Crippen molar-refractivity contribution in [2.24, 2.45) is 0 Å². The number of rotatable bonds is 2. The van der Waals surface area contributed by atoms with Gasteiger partial charge in [0.1, 0.15) is 0 Å². The number of nitrogens with one attached hydrogen (secondary N) is 1. The van der Waals surface area contributed by atoms with Crippen LogP contribution in [0.4, 0.5) is 26.3 Å². The van der Waals surface area contributed by atoms with Crippen LogP contribution in [-0.2, 0) is 17.1 Å². The van der Waals surface area contributed by atoms with Crippen molar-refractivity contribution in [2.45, 2.75) is 19.3 Å². The highest BCUT2D eigenvalue weighted by Gasteiger charge is 2.37. The van der Waals surface area contributed by atoms with Crippen LogP contribution in [0.3, 0.4) is 0 Å². The molecule has 5 nitrogen and oxygen atoms in total. The molecule has 170 valence electrons. The molecule has 1 amide bonds. The van der Waals surface area contributed by atoms with E-state index >= 15 is 0 Å². The molecule has 4 rings (SSSR count). The minimum absolute atomic E-state index is 0.0664. The van der Waals surface area contributed by atoms with E-state index in [4.69, 9.17) is 4.74 Å². The Kier molecular flexibility index (Phi) is 5.40. The Bertz CT molecular complexity index is 1140. The summed E-state index contributed by atoms with van der Waals surface area (Å²) in [6.45, 7) is 3.17. The number of benzene rings is 1. The number of hydrogen-bond acceptors (Lipinski definition) is 3. The van der Waals surface area contributed by atoms with Gasteiger partial charge in [-0.3, -0.25) is 9.78 Å². The first-order valence-electron chi connectivity index (χ1n) is 9.60. The van der Waals surface area contributed by atoms with Crippen LogP contribution in [0, 0.1) is 6.92 Å². The molecular formula is C21H17F6N3O2. The summed E-state index contributed by atoms with van der Waals surface area (Å²) in [6, 6.07) is 1.31. The third kappa shape index (κ3) is 4.04. The zero-order valence-corrected chi connectivity index (χ0v) is 16.7. The first kappa shape index (κ1) is 22.1. The molecule has 3 heterocycles. The Morgan fingerprint density at radius 1 is 1.03 bits per heavy atom. The predicted molar refractivity (Wildman–Crippen MR) is 103 cm³/mol. The number of carbonyl (C=O) groups is 1. The van der Waals surface area contributed by atoms with Gasteiger partial charge in [-0.05, 0) is 30.7 Å². The van der Waals surface area contributed by atoms with Gasteiger partial charge in [-0.25, -0.2) is 0 Å². The number of aryl methyl sites for hydroxylation is 1. The van der Waals surface area contributed by atoms with E-state index in [0.29, 0.717) is 49.4 Å². The standard InChI is InChI=1S/C21H17F6N3O2/c1-11-9-28-18-16(11)15(19(31)30-2-4-32-5-3-30)10-29-17(18)12-6-13(20(22,23)24)8-14(7-12)21(25,26)27/h6-10,28H,2-5H2,1H3. The second kappa shape index (κ2) is 7.80. The fourth-order valence-electron chi connectivity index (χ4n) is 3.72. The molecule has 1 aliphatic heterocycles. The first-order chi connectivity index (χ1) is 15.0. The molecule has 0 atom stereocenters. The van der Waals surface area contributed by atoms with E-state index in [9.17, 15) is 31.1 Å². The van der Waals surface area contributed by atoms with Gasteiger partial charge >= 0.3 is 12.4 Å². The lowest BCUT2D eigenvalue weighted by Crippen LogP contribution is -2.40. The third-order valence-electron chi connectivity index (χ3n) is 5.30. The lowest BCUT2D eigenvalue weighted by molar-refractivity contribution is -0.143. The molecule has 1 aromatic carbocycles. The molecule has 0 aliphatic carbocycles. The Balaban J connectivity index is 1.89. The average molecular weight is 457 g/mol. The van der Waals surface area contributed by atoms with Gasteiger partial charge in [-0.15, -0.1) is 0 Å². The number of pyridine rings is 1. The van der Waals surface area contributed by atoms with Crippen LogP contribution in [0.5, 0.6) is 0 Å². The number of hydrogen-bond donors (Lipinski definition) is 1. The van der Waals surface area contributed by atoms with Gasteiger partial charge < -0.3 is 14.6 Å². The molecule has 11 heteroatoms. The van der Waals surface area contributed by atoms with Crippen molar-refractivity contribution < 1.29 is 35.9 Å². The Labute approximate surface area is 178 Å². The highest BCUT2D eigenvalue weighted by Crippen LogP contribution is 2.40. The second-order valence-corrected chi connectivity index (χ2v) is 7.44. The molecule has 1 aliphatic rings. The molecule has 2 aromatic heterocycles. The largest absolute Gasteiger partial charge is 0.416 e. The molecular weight excluding hydrogens is 440 g/mol. The van der Waals surface area contributed by atoms with Crippen molar-refractivity contribution in [1.82, 2.24) is 14.9 Å². The maximum absolute atomic E-state index is 13.3. The summed E-state index contributed by atoms with van der Waals surface area (Å²) in [6.07, 6.45) is -7.23. The van der Waals surface area contributed by atoms with Crippen LogP contribution >= 0.6 is 0 Å². The summed E-state index contributed by atoms with van der Waals surface area (Å²) in [5.41, 5.74) is -2.32. The van der Waals surface area contributed by atoms with Crippen molar-refractivity contribution in [3.8, 4) is 11.3 Å². The Morgan fingerprint density at radius 3 is 2.19 bits per heavy atom. The van der Waals surface area contributed by atoms with Crippen molar-refractivity contribution in [3.63, 3.8) is 0 Å². The van der Waals surface area contributed by atoms with E-state index in [2.05, 4.69) is 9.97 Å². The van der Waals surface area contributed by atoms with Gasteiger partial charge in [0.25, 0.3) is 5.91 Å². The zero-order valence-electron chi connectivity index (χ0n) is 16.7. The number of nitrogens with zero attached hydrogens (tertiary/aromatic N) is 2. The highest BCUT2D eigenvalue weighted by atomic mass is 19.4. The minimum atomic E-state index is -4.98. The number of fused-ring (bicyclic) bond motifs is 1. The maximum Gasteiger partial charge on any atom is 0.416 e. The van der Waals surface area contributed by atoms with Crippen LogP contribution in [0.1, 0.15) is 27.0 Å². The van der Waals surface area contributed by atoms with E-state index < -0.39 is 23.5 Å². The van der Waals surface area contributed by atoms with E-state index in [1.54, 1.807) is 11.8 Å². The molecule has 1 saturated heterocycles. The minimum Gasteiger partial charge on any atom is -0.378 e. The van der Waals surface area contributed by atoms with Crippen LogP contribution in [0.2, 0.25) is 0 Å². The number of alkyl halides is 6. The number of ether oxygens (including phenoxy) is 1. The van der Waals surface area contributed by atoms with Gasteiger partial charge in [-0.1, -0.05) is 0 Å². The summed E-state index contributed by atoms with van der Waals surface area (Å²) in [5, 5.41) is 0.400.